The summed E-state index contributed by atoms with van der Waals surface area (Å²) >= 11 is 0. The van der Waals surface area contributed by atoms with Gasteiger partial charge in [-0.1, -0.05) is 32.9 Å². The summed E-state index contributed by atoms with van der Waals surface area (Å²) in [4.78, 5) is 12.5. The van der Waals surface area contributed by atoms with Crippen molar-refractivity contribution in [2.45, 2.75) is 33.6 Å². The van der Waals surface area contributed by atoms with E-state index in [2.05, 4.69) is 20.8 Å². The van der Waals surface area contributed by atoms with Gasteiger partial charge in [0, 0.05) is 5.92 Å². The van der Waals surface area contributed by atoms with Gasteiger partial charge in [0.15, 0.2) is 5.78 Å². The highest BCUT2D eigenvalue weighted by atomic mass is 16.3. The van der Waals surface area contributed by atoms with Crippen molar-refractivity contribution >= 4 is 11.9 Å². The molecule has 0 saturated heterocycles. The lowest BCUT2D eigenvalue weighted by Gasteiger charge is -2.30. The van der Waals surface area contributed by atoms with Crippen molar-refractivity contribution in [3.05, 3.63) is 35.4 Å². The minimum Gasteiger partial charge on any atom is -0.508 e. The highest BCUT2D eigenvalue weighted by Crippen LogP contribution is 2.35. The average molecular weight is 258 g/mol. The first kappa shape index (κ1) is 13.9. The molecule has 1 aromatic rings. The lowest BCUT2D eigenvalue weighted by molar-refractivity contribution is -0.122. The van der Waals surface area contributed by atoms with Gasteiger partial charge < -0.3 is 5.11 Å². The minimum atomic E-state index is 0.153. The van der Waals surface area contributed by atoms with Crippen LogP contribution in [0.1, 0.15) is 39.2 Å². The fourth-order valence-corrected chi connectivity index (χ4v) is 2.82. The predicted molar refractivity (Wildman–Crippen MR) is 77.8 cm³/mol. The largest absolute Gasteiger partial charge is 0.508 e. The van der Waals surface area contributed by atoms with Crippen molar-refractivity contribution < 1.29 is 9.90 Å². The summed E-state index contributed by atoms with van der Waals surface area (Å²) in [5.74, 6) is 1.39. The Labute approximate surface area is 115 Å². The zero-order valence-corrected chi connectivity index (χ0v) is 11.9. The molecular weight excluding hydrogens is 236 g/mol. The molecule has 0 amide bonds. The van der Waals surface area contributed by atoms with E-state index in [1.54, 1.807) is 18.2 Å². The van der Waals surface area contributed by atoms with Gasteiger partial charge in [0.2, 0.25) is 0 Å². The van der Waals surface area contributed by atoms with E-state index in [0.29, 0.717) is 11.8 Å². The van der Waals surface area contributed by atoms with Crippen LogP contribution in [0.25, 0.3) is 6.08 Å². The third-order valence-corrected chi connectivity index (χ3v) is 4.06. The summed E-state index contributed by atoms with van der Waals surface area (Å²) < 4.78 is 0. The number of hydrogen-bond donors (Lipinski definition) is 1. The van der Waals surface area contributed by atoms with Crippen LogP contribution in [0, 0.1) is 17.8 Å². The van der Waals surface area contributed by atoms with Gasteiger partial charge in [0.25, 0.3) is 0 Å². The fourth-order valence-electron chi connectivity index (χ4n) is 2.82. The van der Waals surface area contributed by atoms with Crippen LogP contribution in [0.5, 0.6) is 5.75 Å². The summed E-state index contributed by atoms with van der Waals surface area (Å²) in [6.45, 7) is 6.35. The van der Waals surface area contributed by atoms with E-state index in [1.165, 1.54) is 0 Å². The van der Waals surface area contributed by atoms with Crippen LogP contribution in [-0.4, -0.2) is 10.9 Å². The van der Waals surface area contributed by atoms with Crippen LogP contribution in [0.2, 0.25) is 0 Å². The predicted octanol–water partition coefficient (Wildman–Crippen LogP) is 4.05. The molecule has 0 radical (unpaired) electrons. The third-order valence-electron chi connectivity index (χ3n) is 4.06. The number of allylic oxidation sites excluding steroid dienone is 1. The molecule has 2 heteroatoms. The minimum absolute atomic E-state index is 0.153. The summed E-state index contributed by atoms with van der Waals surface area (Å²) in [5.41, 5.74) is 1.81. The van der Waals surface area contributed by atoms with Crippen LogP contribution in [-0.2, 0) is 4.79 Å². The van der Waals surface area contributed by atoms with Crippen LogP contribution >= 0.6 is 0 Å². The second kappa shape index (κ2) is 5.60. The number of carbonyl (C=O) groups is 1. The maximum atomic E-state index is 12.5. The Balaban J connectivity index is 2.32. The first-order valence-electron chi connectivity index (χ1n) is 7.04. The highest BCUT2D eigenvalue weighted by Gasteiger charge is 2.32. The molecule has 1 aliphatic rings. The molecule has 0 spiro atoms. The summed E-state index contributed by atoms with van der Waals surface area (Å²) in [6, 6.07) is 7.07. The highest BCUT2D eigenvalue weighted by molar-refractivity contribution is 6.02. The summed E-state index contributed by atoms with van der Waals surface area (Å²) in [6.07, 6.45) is 4.01. The van der Waals surface area contributed by atoms with Gasteiger partial charge in [-0.2, -0.15) is 0 Å². The van der Waals surface area contributed by atoms with Gasteiger partial charge in [-0.15, -0.1) is 0 Å². The summed E-state index contributed by atoms with van der Waals surface area (Å²) in [5, 5.41) is 9.50. The van der Waals surface area contributed by atoms with Gasteiger partial charge in [-0.25, -0.2) is 0 Å². The molecule has 1 N–H and O–H groups in total. The number of benzene rings is 1. The first-order valence-corrected chi connectivity index (χ1v) is 7.04. The molecule has 0 unspecified atom stereocenters. The number of ketones is 1. The fraction of sp³-hybridized carbons (Fsp3) is 0.471. The number of phenols is 1. The van der Waals surface area contributed by atoms with Crippen molar-refractivity contribution in [2.75, 3.05) is 0 Å². The molecule has 2 nitrogen and oxygen atoms in total. The molecular formula is C17H22O2. The Morgan fingerprint density at radius 2 is 2.05 bits per heavy atom. The molecule has 1 saturated carbocycles. The second-order valence-electron chi connectivity index (χ2n) is 5.89. The Hall–Kier alpha value is -1.57. The van der Waals surface area contributed by atoms with Crippen LogP contribution in [0.4, 0.5) is 0 Å². The molecule has 1 aliphatic carbocycles. The van der Waals surface area contributed by atoms with Crippen LogP contribution in [0.15, 0.2) is 29.8 Å². The SMILES string of the molecule is CC(C)[C@H]1CC[C@@H](C)C(=Cc2cccc(O)c2)C1=O. The molecule has 0 heterocycles. The quantitative estimate of drug-likeness (QED) is 0.813. The van der Waals surface area contributed by atoms with Gasteiger partial charge in [-0.05, 0) is 54.0 Å². The van der Waals surface area contributed by atoms with Crippen molar-refractivity contribution in [2.24, 2.45) is 17.8 Å². The molecule has 2 atom stereocenters. The Morgan fingerprint density at radius 3 is 2.68 bits per heavy atom. The normalized spacial score (nSPS) is 26.1. The van der Waals surface area contributed by atoms with Gasteiger partial charge in [0.1, 0.15) is 5.75 Å². The first-order chi connectivity index (χ1) is 8.99. The lowest BCUT2D eigenvalue weighted by atomic mass is 9.73. The summed E-state index contributed by atoms with van der Waals surface area (Å²) in [7, 11) is 0. The number of hydrogen-bond acceptors (Lipinski definition) is 2. The molecule has 0 aromatic heterocycles. The van der Waals surface area contributed by atoms with Crippen molar-refractivity contribution in [3.63, 3.8) is 0 Å². The van der Waals surface area contributed by atoms with E-state index in [9.17, 15) is 9.90 Å². The average Bonchev–Trinajstić information content (AvgIpc) is 2.34. The van der Waals surface area contributed by atoms with Gasteiger partial charge in [-0.3, -0.25) is 4.79 Å². The number of aromatic hydroxyl groups is 1. The van der Waals surface area contributed by atoms with E-state index in [4.69, 9.17) is 0 Å². The molecule has 1 fully saturated rings. The van der Waals surface area contributed by atoms with E-state index in [1.807, 2.05) is 12.1 Å². The smallest absolute Gasteiger partial charge is 0.162 e. The van der Waals surface area contributed by atoms with E-state index in [-0.39, 0.29) is 17.5 Å². The molecule has 1 aromatic carbocycles. The van der Waals surface area contributed by atoms with Crippen molar-refractivity contribution in [3.8, 4) is 5.75 Å². The maximum Gasteiger partial charge on any atom is 0.162 e. The molecule has 102 valence electrons. The molecule has 0 aliphatic heterocycles. The van der Waals surface area contributed by atoms with Gasteiger partial charge >= 0.3 is 0 Å². The van der Waals surface area contributed by atoms with E-state index >= 15 is 0 Å². The van der Waals surface area contributed by atoms with Crippen molar-refractivity contribution in [1.82, 2.24) is 0 Å². The van der Waals surface area contributed by atoms with Gasteiger partial charge in [0.05, 0.1) is 0 Å². The number of rotatable bonds is 2. The zero-order chi connectivity index (χ0) is 14.0. The number of carbonyl (C=O) groups excluding carboxylic acids is 1. The molecule has 0 bridgehead atoms. The second-order valence-corrected chi connectivity index (χ2v) is 5.89. The van der Waals surface area contributed by atoms with E-state index in [0.717, 1.165) is 24.0 Å². The Bertz CT molecular complexity index is 500. The molecule has 2 rings (SSSR count). The monoisotopic (exact) mass is 258 g/mol. The number of Topliss-reactive ketones (excluding diaryl/α,β-unsaturated/α-hetero) is 1. The van der Waals surface area contributed by atoms with Crippen LogP contribution in [0.3, 0.4) is 0 Å². The van der Waals surface area contributed by atoms with Crippen LogP contribution < -0.4 is 0 Å². The van der Waals surface area contributed by atoms with E-state index < -0.39 is 0 Å². The van der Waals surface area contributed by atoms with Crippen molar-refractivity contribution in [1.29, 1.82) is 0 Å². The Kier molecular flexibility index (Phi) is 4.08. The maximum absolute atomic E-state index is 12.5. The molecule has 19 heavy (non-hydrogen) atoms. The number of phenolic OH excluding ortho intramolecular Hbond substituents is 1. The standard InChI is InChI=1S/C17H22O2/c1-11(2)15-8-7-12(3)16(17(15)19)10-13-5-4-6-14(18)9-13/h4-6,9-12,15,18H,7-8H2,1-3H3/t12-,15-/m1/s1. The lowest BCUT2D eigenvalue weighted by Crippen LogP contribution is -2.30. The Morgan fingerprint density at radius 1 is 1.32 bits per heavy atom. The third kappa shape index (κ3) is 3.06. The zero-order valence-electron chi connectivity index (χ0n) is 11.9. The topological polar surface area (TPSA) is 37.3 Å².